The molecule has 0 aliphatic heterocycles. The number of rotatable bonds is 5. The Morgan fingerprint density at radius 2 is 1.73 bits per heavy atom. The van der Waals surface area contributed by atoms with Crippen LogP contribution in [0.3, 0.4) is 0 Å². The van der Waals surface area contributed by atoms with E-state index in [1.807, 2.05) is 60.8 Å². The van der Waals surface area contributed by atoms with Gasteiger partial charge in [0.15, 0.2) is 0 Å². The van der Waals surface area contributed by atoms with Crippen molar-refractivity contribution in [2.75, 3.05) is 0 Å². The molecular weight excluding hydrogens is 460 g/mol. The molecule has 30 heavy (non-hydrogen) atoms. The first-order valence-electron chi connectivity index (χ1n) is 9.23. The summed E-state index contributed by atoms with van der Waals surface area (Å²) in [5.74, 6) is 0. The quantitative estimate of drug-likeness (QED) is 0.342. The minimum Gasteiger partial charge on any atom is -0.342 e. The molecule has 0 radical (unpaired) electrons. The van der Waals surface area contributed by atoms with Gasteiger partial charge in [0.2, 0.25) is 9.84 Å². The summed E-state index contributed by atoms with van der Waals surface area (Å²) in [5.41, 5.74) is 2.77. The fraction of sp³-hybridized carbons (Fsp3) is 0.0417. The van der Waals surface area contributed by atoms with Crippen LogP contribution < -0.4 is 0 Å². The molecule has 3 aromatic carbocycles. The average Bonchev–Trinajstić information content (AvgIpc) is 3.10. The molecular formula is C24H17BrN2O2S. The van der Waals surface area contributed by atoms with Crippen molar-refractivity contribution in [1.82, 2.24) is 4.57 Å². The molecule has 1 heterocycles. The lowest BCUT2D eigenvalue weighted by Gasteiger charge is -2.06. The van der Waals surface area contributed by atoms with Crippen LogP contribution in [0.5, 0.6) is 0 Å². The Labute approximate surface area is 183 Å². The lowest BCUT2D eigenvalue weighted by atomic mass is 10.1. The largest absolute Gasteiger partial charge is 0.342 e. The van der Waals surface area contributed by atoms with Gasteiger partial charge in [0, 0.05) is 33.7 Å². The molecule has 4 nitrogen and oxygen atoms in total. The van der Waals surface area contributed by atoms with Gasteiger partial charge < -0.3 is 4.57 Å². The van der Waals surface area contributed by atoms with Crippen molar-refractivity contribution in [2.24, 2.45) is 0 Å². The number of nitriles is 1. The Morgan fingerprint density at radius 3 is 2.47 bits per heavy atom. The number of allylic oxidation sites excluding steroid dienone is 1. The Balaban J connectivity index is 1.82. The highest BCUT2D eigenvalue weighted by Crippen LogP contribution is 2.27. The van der Waals surface area contributed by atoms with E-state index in [1.165, 1.54) is 18.2 Å². The van der Waals surface area contributed by atoms with E-state index >= 15 is 0 Å². The van der Waals surface area contributed by atoms with Crippen LogP contribution in [-0.2, 0) is 16.4 Å². The normalized spacial score (nSPS) is 12.1. The maximum absolute atomic E-state index is 12.9. The Hall–Kier alpha value is -3.14. The first-order valence-corrected chi connectivity index (χ1v) is 11.5. The van der Waals surface area contributed by atoms with Crippen LogP contribution in [-0.4, -0.2) is 13.0 Å². The van der Waals surface area contributed by atoms with E-state index in [4.69, 9.17) is 0 Å². The van der Waals surface area contributed by atoms with E-state index in [0.29, 0.717) is 12.1 Å². The molecule has 0 unspecified atom stereocenters. The summed E-state index contributed by atoms with van der Waals surface area (Å²) in [7, 11) is -3.89. The number of halogens is 1. The number of fused-ring (bicyclic) bond motifs is 1. The summed E-state index contributed by atoms with van der Waals surface area (Å²) in [6, 6.07) is 25.7. The molecule has 0 aliphatic carbocycles. The summed E-state index contributed by atoms with van der Waals surface area (Å²) in [4.78, 5) is -0.172. The number of hydrogen-bond acceptors (Lipinski definition) is 3. The average molecular weight is 477 g/mol. The zero-order chi connectivity index (χ0) is 21.1. The number of sulfone groups is 1. The smallest absolute Gasteiger partial charge is 0.216 e. The van der Waals surface area contributed by atoms with E-state index in [1.54, 1.807) is 18.2 Å². The van der Waals surface area contributed by atoms with E-state index in [-0.39, 0.29) is 9.80 Å². The standard InChI is InChI=1S/C24H17BrN2O2S/c25-20-8-6-7-18(13-20)16-27-17-19(23-11-4-5-12-24(23)27)14-22(15-26)30(28,29)21-9-2-1-3-10-21/h1-14,17H,16H2/b22-14+. The van der Waals surface area contributed by atoms with E-state index < -0.39 is 9.84 Å². The molecule has 1 aromatic heterocycles. The Morgan fingerprint density at radius 1 is 1.00 bits per heavy atom. The second-order valence-electron chi connectivity index (χ2n) is 6.80. The molecule has 0 atom stereocenters. The van der Waals surface area contributed by atoms with Crippen molar-refractivity contribution in [2.45, 2.75) is 11.4 Å². The van der Waals surface area contributed by atoms with Crippen LogP contribution in [0.2, 0.25) is 0 Å². The molecule has 148 valence electrons. The molecule has 0 N–H and O–H groups in total. The summed E-state index contributed by atoms with van der Waals surface area (Å²) >= 11 is 3.50. The molecule has 0 saturated heterocycles. The van der Waals surface area contributed by atoms with Crippen molar-refractivity contribution in [3.05, 3.63) is 106 Å². The van der Waals surface area contributed by atoms with Crippen LogP contribution in [0.15, 0.2) is 99.3 Å². The molecule has 4 aromatic rings. The van der Waals surface area contributed by atoms with Crippen molar-refractivity contribution in [3.63, 3.8) is 0 Å². The summed E-state index contributed by atoms with van der Waals surface area (Å²) in [6.07, 6.45) is 3.35. The molecule has 6 heteroatoms. The van der Waals surface area contributed by atoms with Gasteiger partial charge in [0.05, 0.1) is 4.90 Å². The third-order valence-electron chi connectivity index (χ3n) is 4.80. The monoisotopic (exact) mass is 476 g/mol. The zero-order valence-electron chi connectivity index (χ0n) is 15.9. The van der Waals surface area contributed by atoms with Gasteiger partial charge in [-0.3, -0.25) is 0 Å². The highest BCUT2D eigenvalue weighted by molar-refractivity contribution is 9.10. The first-order chi connectivity index (χ1) is 14.5. The minimum absolute atomic E-state index is 0.107. The van der Waals surface area contributed by atoms with E-state index in [0.717, 1.165) is 20.9 Å². The number of hydrogen-bond donors (Lipinski definition) is 0. The van der Waals surface area contributed by atoms with Crippen LogP contribution >= 0.6 is 15.9 Å². The third kappa shape index (κ3) is 3.95. The molecule has 4 rings (SSSR count). The molecule has 0 bridgehead atoms. The van der Waals surface area contributed by atoms with Crippen molar-refractivity contribution in [3.8, 4) is 6.07 Å². The molecule has 0 aliphatic rings. The second kappa shape index (κ2) is 8.31. The van der Waals surface area contributed by atoms with Gasteiger partial charge in [-0.15, -0.1) is 0 Å². The highest BCUT2D eigenvalue weighted by atomic mass is 79.9. The predicted octanol–water partition coefficient (Wildman–Crippen LogP) is 5.79. The fourth-order valence-corrected chi connectivity index (χ4v) is 5.01. The number of para-hydroxylation sites is 1. The van der Waals surface area contributed by atoms with Gasteiger partial charge in [-0.05, 0) is 42.0 Å². The van der Waals surface area contributed by atoms with Crippen LogP contribution in [0, 0.1) is 11.3 Å². The van der Waals surface area contributed by atoms with E-state index in [9.17, 15) is 13.7 Å². The van der Waals surface area contributed by atoms with Gasteiger partial charge >= 0.3 is 0 Å². The number of benzene rings is 3. The summed E-state index contributed by atoms with van der Waals surface area (Å²) < 4.78 is 28.9. The summed E-state index contributed by atoms with van der Waals surface area (Å²) in [6.45, 7) is 0.626. The topological polar surface area (TPSA) is 62.9 Å². The number of aromatic nitrogens is 1. The molecule has 0 amide bonds. The third-order valence-corrected chi connectivity index (χ3v) is 6.98. The van der Waals surface area contributed by atoms with Crippen LogP contribution in [0.1, 0.15) is 11.1 Å². The Kier molecular flexibility index (Phi) is 5.58. The van der Waals surface area contributed by atoms with Gasteiger partial charge in [0.1, 0.15) is 11.0 Å². The minimum atomic E-state index is -3.89. The van der Waals surface area contributed by atoms with Crippen molar-refractivity contribution in [1.29, 1.82) is 5.26 Å². The maximum atomic E-state index is 12.9. The predicted molar refractivity (Wildman–Crippen MR) is 122 cm³/mol. The lowest BCUT2D eigenvalue weighted by molar-refractivity contribution is 0.603. The fourth-order valence-electron chi connectivity index (χ4n) is 3.39. The first kappa shape index (κ1) is 20.1. The Bertz CT molecular complexity index is 1400. The summed E-state index contributed by atoms with van der Waals surface area (Å²) in [5, 5.41) is 10.5. The van der Waals surface area contributed by atoms with Gasteiger partial charge in [-0.2, -0.15) is 5.26 Å². The second-order valence-corrected chi connectivity index (χ2v) is 9.63. The van der Waals surface area contributed by atoms with Gasteiger partial charge in [-0.1, -0.05) is 64.5 Å². The zero-order valence-corrected chi connectivity index (χ0v) is 18.3. The van der Waals surface area contributed by atoms with Gasteiger partial charge in [-0.25, -0.2) is 8.42 Å². The molecule has 0 fully saturated rings. The van der Waals surface area contributed by atoms with Crippen LogP contribution in [0.4, 0.5) is 0 Å². The van der Waals surface area contributed by atoms with Crippen molar-refractivity contribution >= 4 is 42.7 Å². The maximum Gasteiger partial charge on any atom is 0.216 e. The highest BCUT2D eigenvalue weighted by Gasteiger charge is 2.21. The number of nitrogens with zero attached hydrogens (tertiary/aromatic N) is 2. The van der Waals surface area contributed by atoms with Crippen molar-refractivity contribution < 1.29 is 8.42 Å². The molecule has 0 saturated carbocycles. The lowest BCUT2D eigenvalue weighted by Crippen LogP contribution is -2.03. The van der Waals surface area contributed by atoms with E-state index in [2.05, 4.69) is 20.5 Å². The van der Waals surface area contributed by atoms with Crippen LogP contribution in [0.25, 0.3) is 17.0 Å². The molecule has 0 spiro atoms. The van der Waals surface area contributed by atoms with Gasteiger partial charge in [0.25, 0.3) is 0 Å². The SMILES string of the molecule is N#C/C(=C\c1cn(Cc2cccc(Br)c2)c2ccccc12)S(=O)(=O)c1ccccc1.